The van der Waals surface area contributed by atoms with Crippen LogP contribution in [0.5, 0.6) is 0 Å². The molecule has 0 saturated heterocycles. The Labute approximate surface area is 140 Å². The fraction of sp³-hybridized carbons (Fsp3) is 0.833. The van der Waals surface area contributed by atoms with Crippen LogP contribution < -0.4 is 10.6 Å². The van der Waals surface area contributed by atoms with E-state index < -0.39 is 5.60 Å². The maximum atomic E-state index is 11.5. The van der Waals surface area contributed by atoms with Crippen LogP contribution in [0.3, 0.4) is 0 Å². The Balaban J connectivity index is 1.60. The van der Waals surface area contributed by atoms with Crippen molar-refractivity contribution in [3.63, 3.8) is 0 Å². The maximum Gasteiger partial charge on any atom is 0.407 e. The maximum absolute atomic E-state index is 11.5. The van der Waals surface area contributed by atoms with E-state index >= 15 is 0 Å². The van der Waals surface area contributed by atoms with Crippen LogP contribution in [-0.4, -0.2) is 43.5 Å². The normalized spacial score (nSPS) is 25.9. The van der Waals surface area contributed by atoms with Crippen LogP contribution in [0.25, 0.3) is 0 Å². The summed E-state index contributed by atoms with van der Waals surface area (Å²) in [6.45, 7) is 9.79. The average molecular weight is 324 g/mol. The van der Waals surface area contributed by atoms with Crippen molar-refractivity contribution >= 4 is 6.09 Å². The molecule has 2 N–H and O–H groups in total. The van der Waals surface area contributed by atoms with Gasteiger partial charge in [0.15, 0.2) is 0 Å². The molecule has 5 heteroatoms. The topological polar surface area (TPSA) is 59.6 Å². The summed E-state index contributed by atoms with van der Waals surface area (Å²) in [6.07, 6.45) is 9.15. The zero-order valence-electron chi connectivity index (χ0n) is 15.0. The minimum absolute atomic E-state index is 0.373. The van der Waals surface area contributed by atoms with Crippen LogP contribution in [0.15, 0.2) is 12.2 Å². The number of hydrogen-bond donors (Lipinski definition) is 2. The Bertz CT molecular complexity index is 424. The first-order valence-electron chi connectivity index (χ1n) is 8.84. The first kappa shape index (κ1) is 18.3. The summed E-state index contributed by atoms with van der Waals surface area (Å²) in [6, 6.07) is 0.580. The van der Waals surface area contributed by atoms with Gasteiger partial charge in [0.2, 0.25) is 0 Å². The highest BCUT2D eigenvalue weighted by Crippen LogP contribution is 2.57. The molecule has 2 rings (SSSR count). The number of rotatable bonds is 7. The summed E-state index contributed by atoms with van der Waals surface area (Å²) in [5.74, 6) is 0. The highest BCUT2D eigenvalue weighted by atomic mass is 16.6. The van der Waals surface area contributed by atoms with E-state index in [4.69, 9.17) is 9.47 Å². The first-order chi connectivity index (χ1) is 10.9. The highest BCUT2D eigenvalue weighted by Gasteiger charge is 2.58. The lowest BCUT2D eigenvalue weighted by Crippen LogP contribution is -2.66. The zero-order valence-corrected chi connectivity index (χ0v) is 15.0. The summed E-state index contributed by atoms with van der Waals surface area (Å²) >= 11 is 0. The van der Waals surface area contributed by atoms with Gasteiger partial charge in [-0.2, -0.15) is 0 Å². The van der Waals surface area contributed by atoms with Gasteiger partial charge in [-0.1, -0.05) is 18.6 Å². The minimum Gasteiger partial charge on any atom is -0.444 e. The lowest BCUT2D eigenvalue weighted by Gasteiger charge is -2.61. The third kappa shape index (κ3) is 4.70. The summed E-state index contributed by atoms with van der Waals surface area (Å²) in [5, 5.41) is 6.34. The van der Waals surface area contributed by atoms with E-state index in [1.165, 1.54) is 19.3 Å². The molecule has 0 bridgehead atoms. The van der Waals surface area contributed by atoms with Crippen molar-refractivity contribution in [1.82, 2.24) is 10.6 Å². The van der Waals surface area contributed by atoms with Crippen molar-refractivity contribution in [2.75, 3.05) is 19.7 Å². The SMILES string of the molecule is CCOC1CC(NC/C=C/CNC(=O)OC(C)(C)C)C12CCC2. The average Bonchev–Trinajstić information content (AvgIpc) is 2.36. The number of amides is 1. The molecule has 0 aromatic carbocycles. The number of nitrogens with one attached hydrogen (secondary N) is 2. The van der Waals surface area contributed by atoms with E-state index in [1.807, 2.05) is 26.8 Å². The Kier molecular flexibility index (Phi) is 6.09. The Morgan fingerprint density at radius 1 is 1.26 bits per heavy atom. The molecular weight excluding hydrogens is 292 g/mol. The molecule has 0 aromatic heterocycles. The number of hydrogen-bond acceptors (Lipinski definition) is 4. The summed E-state index contributed by atoms with van der Waals surface area (Å²) in [4.78, 5) is 11.5. The molecule has 2 atom stereocenters. The van der Waals surface area contributed by atoms with E-state index in [0.717, 1.165) is 19.6 Å². The van der Waals surface area contributed by atoms with E-state index in [1.54, 1.807) is 0 Å². The molecule has 2 unspecified atom stereocenters. The van der Waals surface area contributed by atoms with Gasteiger partial charge in [-0.3, -0.25) is 0 Å². The Morgan fingerprint density at radius 2 is 1.96 bits per heavy atom. The van der Waals surface area contributed by atoms with E-state index in [9.17, 15) is 4.79 Å². The second-order valence-corrected chi connectivity index (χ2v) is 7.58. The van der Waals surface area contributed by atoms with Crippen molar-refractivity contribution in [3.8, 4) is 0 Å². The Morgan fingerprint density at radius 3 is 2.52 bits per heavy atom. The molecule has 1 amide bonds. The van der Waals surface area contributed by atoms with Crippen LogP contribution in [0.4, 0.5) is 4.79 Å². The number of alkyl carbamates (subject to hydrolysis) is 1. The van der Waals surface area contributed by atoms with Gasteiger partial charge in [0.1, 0.15) is 5.60 Å². The Hall–Kier alpha value is -1.07. The molecule has 23 heavy (non-hydrogen) atoms. The second kappa shape index (κ2) is 7.67. The molecule has 5 nitrogen and oxygen atoms in total. The molecule has 2 aliphatic rings. The molecule has 1 spiro atoms. The van der Waals surface area contributed by atoms with Gasteiger partial charge in [-0.25, -0.2) is 4.79 Å². The van der Waals surface area contributed by atoms with Crippen LogP contribution in [0, 0.1) is 5.41 Å². The molecule has 0 aliphatic heterocycles. The first-order valence-corrected chi connectivity index (χ1v) is 8.84. The second-order valence-electron chi connectivity index (χ2n) is 7.58. The van der Waals surface area contributed by atoms with Gasteiger partial charge < -0.3 is 20.1 Å². The fourth-order valence-corrected chi connectivity index (χ4v) is 3.56. The third-order valence-corrected chi connectivity index (χ3v) is 4.85. The lowest BCUT2D eigenvalue weighted by molar-refractivity contribution is -0.172. The van der Waals surface area contributed by atoms with E-state index in [0.29, 0.717) is 24.1 Å². The van der Waals surface area contributed by atoms with Crippen LogP contribution in [-0.2, 0) is 9.47 Å². The highest BCUT2D eigenvalue weighted by molar-refractivity contribution is 5.67. The van der Waals surface area contributed by atoms with Crippen molar-refractivity contribution < 1.29 is 14.3 Å². The predicted octanol–water partition coefficient (Wildman–Crippen LogP) is 3.00. The van der Waals surface area contributed by atoms with Crippen molar-refractivity contribution in [1.29, 1.82) is 0 Å². The molecule has 132 valence electrons. The van der Waals surface area contributed by atoms with Crippen molar-refractivity contribution in [3.05, 3.63) is 12.2 Å². The van der Waals surface area contributed by atoms with Crippen LogP contribution >= 0.6 is 0 Å². The largest absolute Gasteiger partial charge is 0.444 e. The monoisotopic (exact) mass is 324 g/mol. The van der Waals surface area contributed by atoms with Crippen LogP contribution in [0.1, 0.15) is 53.4 Å². The standard InChI is InChI=1S/C18H32N2O3/c1-5-22-15-13-14(18(15)9-8-10-18)19-11-6-7-12-20-16(21)23-17(2,3)4/h6-7,14-15,19H,5,8-13H2,1-4H3,(H,20,21)/b7-6+. The van der Waals surface area contributed by atoms with E-state index in [-0.39, 0.29) is 6.09 Å². The minimum atomic E-state index is -0.451. The zero-order chi connectivity index (χ0) is 16.9. The smallest absolute Gasteiger partial charge is 0.407 e. The van der Waals surface area contributed by atoms with Gasteiger partial charge in [0, 0.05) is 31.2 Å². The van der Waals surface area contributed by atoms with Gasteiger partial charge >= 0.3 is 6.09 Å². The molecule has 2 saturated carbocycles. The summed E-state index contributed by atoms with van der Waals surface area (Å²) in [7, 11) is 0. The third-order valence-electron chi connectivity index (χ3n) is 4.85. The van der Waals surface area contributed by atoms with Gasteiger partial charge in [-0.15, -0.1) is 0 Å². The van der Waals surface area contributed by atoms with Crippen molar-refractivity contribution in [2.24, 2.45) is 5.41 Å². The number of ether oxygens (including phenoxy) is 2. The van der Waals surface area contributed by atoms with Gasteiger partial charge in [0.25, 0.3) is 0 Å². The number of carbonyl (C=O) groups is 1. The van der Waals surface area contributed by atoms with Crippen LogP contribution in [0.2, 0.25) is 0 Å². The fourth-order valence-electron chi connectivity index (χ4n) is 3.56. The molecular formula is C18H32N2O3. The van der Waals surface area contributed by atoms with E-state index in [2.05, 4.69) is 23.6 Å². The molecule has 2 aliphatic carbocycles. The summed E-state index contributed by atoms with van der Waals surface area (Å²) < 4.78 is 11.0. The number of carbonyl (C=O) groups excluding carboxylic acids is 1. The molecule has 0 heterocycles. The molecule has 0 radical (unpaired) electrons. The lowest BCUT2D eigenvalue weighted by atomic mass is 9.51. The van der Waals surface area contributed by atoms with Gasteiger partial charge in [0.05, 0.1) is 6.10 Å². The molecule has 2 fully saturated rings. The molecule has 0 aromatic rings. The predicted molar refractivity (Wildman–Crippen MR) is 91.5 cm³/mol. The van der Waals surface area contributed by atoms with Gasteiger partial charge in [-0.05, 0) is 47.0 Å². The van der Waals surface area contributed by atoms with Crippen molar-refractivity contribution in [2.45, 2.75) is 71.1 Å². The quantitative estimate of drug-likeness (QED) is 0.707. The summed E-state index contributed by atoms with van der Waals surface area (Å²) in [5.41, 5.74) is -0.0492.